The Hall–Kier alpha value is -1.95. The molecule has 4 nitrogen and oxygen atoms in total. The van der Waals surface area contributed by atoms with Crippen molar-refractivity contribution in [1.29, 1.82) is 0 Å². The van der Waals surface area contributed by atoms with Crippen LogP contribution in [0.15, 0.2) is 18.2 Å². The van der Waals surface area contributed by atoms with Crippen molar-refractivity contribution >= 4 is 22.4 Å². The molecule has 0 atom stereocenters. The first-order chi connectivity index (χ1) is 10.6. The molecular weight excluding hydrogens is 303 g/mol. The molecule has 22 heavy (non-hydrogen) atoms. The number of hydrogen-bond donors (Lipinski definition) is 0. The molecule has 1 aliphatic rings. The molecule has 116 valence electrons. The molecule has 0 spiro atoms. The van der Waals surface area contributed by atoms with Gasteiger partial charge in [-0.3, -0.25) is 0 Å². The zero-order valence-electron chi connectivity index (χ0n) is 12.6. The Bertz CT molecular complexity index is 714. The minimum atomic E-state index is -0.316. The van der Waals surface area contributed by atoms with E-state index in [4.69, 9.17) is 4.74 Å². The van der Waals surface area contributed by atoms with Gasteiger partial charge >= 0.3 is 5.97 Å². The Kier molecular flexibility index (Phi) is 4.11. The molecule has 0 amide bonds. The summed E-state index contributed by atoms with van der Waals surface area (Å²) in [7, 11) is 0. The maximum atomic E-state index is 13.3. The number of fused-ring (bicyclic) bond motifs is 1. The van der Waals surface area contributed by atoms with Gasteiger partial charge in [-0.25, -0.2) is 14.2 Å². The van der Waals surface area contributed by atoms with Crippen LogP contribution in [0.2, 0.25) is 0 Å². The van der Waals surface area contributed by atoms with Crippen LogP contribution in [0, 0.1) is 12.7 Å². The largest absolute Gasteiger partial charge is 0.462 e. The number of aryl methyl sites for hydroxylation is 1. The van der Waals surface area contributed by atoms with Gasteiger partial charge in [-0.05, 0) is 43.5 Å². The maximum Gasteiger partial charge on any atom is 0.350 e. The number of carbonyl (C=O) groups is 1. The van der Waals surface area contributed by atoms with Gasteiger partial charge in [0.2, 0.25) is 0 Å². The Morgan fingerprint density at radius 3 is 3.05 bits per heavy atom. The lowest BCUT2D eigenvalue weighted by atomic mass is 10.0. The van der Waals surface area contributed by atoms with Crippen LogP contribution in [0.5, 0.6) is 0 Å². The van der Waals surface area contributed by atoms with Gasteiger partial charge in [0.1, 0.15) is 10.7 Å². The van der Waals surface area contributed by atoms with Crippen molar-refractivity contribution in [2.45, 2.75) is 26.8 Å². The molecule has 1 aliphatic heterocycles. The highest BCUT2D eigenvalue weighted by molar-refractivity contribution is 7.17. The highest BCUT2D eigenvalue weighted by atomic mass is 32.1. The first-order valence-electron chi connectivity index (χ1n) is 7.25. The SMILES string of the molecule is CCOC(=O)c1sc(N2CCc3cc(F)ccc3C2)nc1C. The zero-order valence-corrected chi connectivity index (χ0v) is 13.4. The predicted octanol–water partition coefficient (Wildman–Crippen LogP) is 3.33. The number of esters is 1. The lowest BCUT2D eigenvalue weighted by Crippen LogP contribution is -2.30. The summed E-state index contributed by atoms with van der Waals surface area (Å²) in [6.45, 7) is 5.42. The summed E-state index contributed by atoms with van der Waals surface area (Å²) in [5.41, 5.74) is 2.86. The number of anilines is 1. The highest BCUT2D eigenvalue weighted by Gasteiger charge is 2.23. The summed E-state index contributed by atoms with van der Waals surface area (Å²) in [5.74, 6) is -0.509. The van der Waals surface area contributed by atoms with Gasteiger partial charge in [0.25, 0.3) is 0 Å². The Labute approximate surface area is 132 Å². The van der Waals surface area contributed by atoms with Gasteiger partial charge < -0.3 is 9.64 Å². The van der Waals surface area contributed by atoms with Crippen molar-refractivity contribution in [2.75, 3.05) is 18.1 Å². The normalized spacial score (nSPS) is 13.9. The molecule has 6 heteroatoms. The summed E-state index contributed by atoms with van der Waals surface area (Å²) in [6, 6.07) is 4.91. The van der Waals surface area contributed by atoms with E-state index in [1.807, 2.05) is 13.0 Å². The first kappa shape index (κ1) is 15.0. The minimum Gasteiger partial charge on any atom is -0.462 e. The van der Waals surface area contributed by atoms with Crippen molar-refractivity contribution in [1.82, 2.24) is 4.98 Å². The van der Waals surface area contributed by atoms with E-state index in [2.05, 4.69) is 9.88 Å². The van der Waals surface area contributed by atoms with Gasteiger partial charge in [-0.1, -0.05) is 17.4 Å². The van der Waals surface area contributed by atoms with E-state index in [0.29, 0.717) is 23.7 Å². The fraction of sp³-hybridized carbons (Fsp3) is 0.375. The van der Waals surface area contributed by atoms with E-state index in [1.54, 1.807) is 13.0 Å². The summed E-state index contributed by atoms with van der Waals surface area (Å²) < 4.78 is 18.3. The van der Waals surface area contributed by atoms with E-state index in [1.165, 1.54) is 17.4 Å². The molecule has 2 aromatic rings. The summed E-state index contributed by atoms with van der Waals surface area (Å²) in [5, 5.41) is 0.815. The Morgan fingerprint density at radius 2 is 2.27 bits per heavy atom. The molecule has 2 heterocycles. The summed E-state index contributed by atoms with van der Waals surface area (Å²) in [4.78, 5) is 19.1. The first-order valence-corrected chi connectivity index (χ1v) is 8.07. The van der Waals surface area contributed by atoms with Crippen LogP contribution in [0.1, 0.15) is 33.4 Å². The molecule has 0 fully saturated rings. The lowest BCUT2D eigenvalue weighted by Gasteiger charge is -2.28. The second-order valence-corrected chi connectivity index (χ2v) is 6.19. The fourth-order valence-electron chi connectivity index (χ4n) is 2.59. The number of nitrogens with zero attached hydrogens (tertiary/aromatic N) is 2. The number of aromatic nitrogens is 1. The summed E-state index contributed by atoms with van der Waals surface area (Å²) >= 11 is 1.36. The predicted molar refractivity (Wildman–Crippen MR) is 84.0 cm³/mol. The Morgan fingerprint density at radius 1 is 1.45 bits per heavy atom. The number of carbonyl (C=O) groups excluding carboxylic acids is 1. The third-order valence-corrected chi connectivity index (χ3v) is 4.90. The van der Waals surface area contributed by atoms with Crippen LogP contribution < -0.4 is 4.90 Å². The topological polar surface area (TPSA) is 42.4 Å². The molecular formula is C16H17FN2O2S. The number of benzene rings is 1. The van der Waals surface area contributed by atoms with Crippen LogP contribution in [0.4, 0.5) is 9.52 Å². The van der Waals surface area contributed by atoms with Crippen molar-refractivity contribution in [2.24, 2.45) is 0 Å². The third-order valence-electron chi connectivity index (χ3n) is 3.70. The van der Waals surface area contributed by atoms with E-state index in [-0.39, 0.29) is 11.8 Å². The van der Waals surface area contributed by atoms with Gasteiger partial charge in [0.15, 0.2) is 5.13 Å². The van der Waals surface area contributed by atoms with E-state index in [9.17, 15) is 9.18 Å². The van der Waals surface area contributed by atoms with Crippen molar-refractivity contribution in [3.05, 3.63) is 45.7 Å². The van der Waals surface area contributed by atoms with Crippen LogP contribution in [0.3, 0.4) is 0 Å². The quantitative estimate of drug-likeness (QED) is 0.814. The maximum absolute atomic E-state index is 13.3. The molecule has 3 rings (SSSR count). The number of halogens is 1. The molecule has 0 radical (unpaired) electrons. The van der Waals surface area contributed by atoms with Crippen molar-refractivity contribution < 1.29 is 13.9 Å². The van der Waals surface area contributed by atoms with Gasteiger partial charge in [0.05, 0.1) is 12.3 Å². The molecule has 1 aromatic heterocycles. The monoisotopic (exact) mass is 320 g/mol. The Balaban J connectivity index is 1.83. The molecule has 0 unspecified atom stereocenters. The summed E-state index contributed by atoms with van der Waals surface area (Å²) in [6.07, 6.45) is 0.778. The van der Waals surface area contributed by atoms with Crippen LogP contribution >= 0.6 is 11.3 Å². The number of ether oxygens (including phenoxy) is 1. The fourth-order valence-corrected chi connectivity index (χ4v) is 3.57. The van der Waals surface area contributed by atoms with Crippen molar-refractivity contribution in [3.63, 3.8) is 0 Å². The second-order valence-electron chi connectivity index (χ2n) is 5.22. The highest BCUT2D eigenvalue weighted by Crippen LogP contribution is 2.31. The number of hydrogen-bond acceptors (Lipinski definition) is 5. The van der Waals surface area contributed by atoms with Crippen molar-refractivity contribution in [3.8, 4) is 0 Å². The number of thiazole rings is 1. The van der Waals surface area contributed by atoms with Gasteiger partial charge in [-0.15, -0.1) is 0 Å². The van der Waals surface area contributed by atoms with Crippen LogP contribution in [0.25, 0.3) is 0 Å². The molecule has 0 saturated carbocycles. The zero-order chi connectivity index (χ0) is 15.7. The molecule has 1 aromatic carbocycles. The third kappa shape index (κ3) is 2.83. The average Bonchev–Trinajstić information content (AvgIpc) is 2.89. The van der Waals surface area contributed by atoms with Crippen LogP contribution in [-0.2, 0) is 17.7 Å². The lowest BCUT2D eigenvalue weighted by molar-refractivity contribution is 0.0531. The van der Waals surface area contributed by atoms with Gasteiger partial charge in [0, 0.05) is 13.1 Å². The number of rotatable bonds is 3. The van der Waals surface area contributed by atoms with E-state index in [0.717, 1.165) is 29.2 Å². The second kappa shape index (κ2) is 6.04. The smallest absolute Gasteiger partial charge is 0.350 e. The minimum absolute atomic E-state index is 0.193. The molecule has 0 bridgehead atoms. The van der Waals surface area contributed by atoms with Gasteiger partial charge in [-0.2, -0.15) is 0 Å². The standard InChI is InChI=1S/C16H17FN2O2S/c1-3-21-15(20)14-10(2)18-16(22-14)19-7-6-11-8-13(17)5-4-12(11)9-19/h4-5,8H,3,6-7,9H2,1-2H3. The van der Waals surface area contributed by atoms with E-state index >= 15 is 0 Å². The molecule has 0 N–H and O–H groups in total. The van der Waals surface area contributed by atoms with Crippen LogP contribution in [-0.4, -0.2) is 24.1 Å². The molecule has 0 saturated heterocycles. The average molecular weight is 320 g/mol. The van der Waals surface area contributed by atoms with E-state index < -0.39 is 0 Å². The molecule has 0 aliphatic carbocycles.